The van der Waals surface area contributed by atoms with Crippen molar-refractivity contribution in [3.63, 3.8) is 0 Å². The number of nitrogens with zero attached hydrogens (tertiary/aromatic N) is 2. The van der Waals surface area contributed by atoms with E-state index in [9.17, 15) is 0 Å². The molecule has 132 valence electrons. The molecule has 0 bridgehead atoms. The average Bonchev–Trinajstić information content (AvgIpc) is 3.04. The van der Waals surface area contributed by atoms with Gasteiger partial charge in [-0.05, 0) is 60.3 Å². The molecular weight excluding hydrogens is 320 g/mol. The molecule has 3 aliphatic rings. The number of ether oxygens (including phenoxy) is 1. The number of benzene rings is 2. The molecule has 3 nitrogen and oxygen atoms in total. The molecule has 2 aromatic rings. The van der Waals surface area contributed by atoms with Crippen LogP contribution in [0.15, 0.2) is 42.5 Å². The standard InChI is InChI=1S/C23H24N2O/c24-16-17-4-6-18(7-5-17)19-8-9-22-20(13-19)14-23(26-22)10-12-25-11-2-1-3-21(25)15-23/h4-9,13,21H,1-3,10-12,14-15H2/t21-,23+/m0/s1. The van der Waals surface area contributed by atoms with Gasteiger partial charge in [0.15, 0.2) is 0 Å². The fraction of sp³-hybridized carbons (Fsp3) is 0.435. The molecule has 0 unspecified atom stereocenters. The summed E-state index contributed by atoms with van der Waals surface area (Å²) >= 11 is 0. The Labute approximate surface area is 155 Å². The highest BCUT2D eigenvalue weighted by Gasteiger charge is 2.46. The molecule has 2 atom stereocenters. The summed E-state index contributed by atoms with van der Waals surface area (Å²) in [5, 5.41) is 8.98. The highest BCUT2D eigenvalue weighted by molar-refractivity contribution is 5.67. The number of fused-ring (bicyclic) bond motifs is 2. The molecule has 3 heterocycles. The lowest BCUT2D eigenvalue weighted by Gasteiger charge is -2.46. The van der Waals surface area contributed by atoms with E-state index in [0.717, 1.165) is 24.2 Å². The Morgan fingerprint density at radius 2 is 1.88 bits per heavy atom. The molecule has 5 rings (SSSR count). The maximum atomic E-state index is 8.98. The zero-order valence-electron chi connectivity index (χ0n) is 15.1. The molecule has 0 radical (unpaired) electrons. The van der Waals surface area contributed by atoms with Crippen LogP contribution in [0.3, 0.4) is 0 Å². The summed E-state index contributed by atoms with van der Waals surface area (Å²) in [4.78, 5) is 2.68. The molecule has 2 saturated heterocycles. The van der Waals surface area contributed by atoms with Gasteiger partial charge < -0.3 is 9.64 Å². The lowest BCUT2D eigenvalue weighted by Crippen LogP contribution is -2.54. The summed E-state index contributed by atoms with van der Waals surface area (Å²) in [5.41, 5.74) is 4.44. The van der Waals surface area contributed by atoms with Gasteiger partial charge in [0.25, 0.3) is 0 Å². The lowest BCUT2D eigenvalue weighted by atomic mass is 9.80. The van der Waals surface area contributed by atoms with Gasteiger partial charge in [0, 0.05) is 31.8 Å². The maximum Gasteiger partial charge on any atom is 0.123 e. The molecule has 2 aromatic carbocycles. The van der Waals surface area contributed by atoms with Crippen molar-refractivity contribution in [3.05, 3.63) is 53.6 Å². The van der Waals surface area contributed by atoms with Gasteiger partial charge in [-0.1, -0.05) is 24.6 Å². The maximum absolute atomic E-state index is 8.98. The SMILES string of the molecule is N#Cc1ccc(-c2ccc3c(c2)C[C@@]2(CCN4CCCC[C@H]4C2)O3)cc1. The second-order valence-electron chi connectivity index (χ2n) is 8.11. The van der Waals surface area contributed by atoms with Crippen molar-refractivity contribution in [1.29, 1.82) is 5.26 Å². The van der Waals surface area contributed by atoms with Gasteiger partial charge >= 0.3 is 0 Å². The monoisotopic (exact) mass is 344 g/mol. The van der Waals surface area contributed by atoms with E-state index >= 15 is 0 Å². The van der Waals surface area contributed by atoms with Gasteiger partial charge in [-0.25, -0.2) is 0 Å². The Bertz CT molecular complexity index is 867. The summed E-state index contributed by atoms with van der Waals surface area (Å²) in [5.74, 6) is 1.08. The van der Waals surface area contributed by atoms with Gasteiger partial charge in [0.2, 0.25) is 0 Å². The molecule has 0 aliphatic carbocycles. The number of hydrogen-bond donors (Lipinski definition) is 0. The van der Waals surface area contributed by atoms with Crippen molar-refractivity contribution in [2.75, 3.05) is 13.1 Å². The van der Waals surface area contributed by atoms with Gasteiger partial charge in [-0.3, -0.25) is 0 Å². The van der Waals surface area contributed by atoms with Gasteiger partial charge in [-0.2, -0.15) is 5.26 Å². The van der Waals surface area contributed by atoms with E-state index in [1.165, 1.54) is 49.9 Å². The van der Waals surface area contributed by atoms with Crippen molar-refractivity contribution in [2.24, 2.45) is 0 Å². The third kappa shape index (κ3) is 2.70. The molecular formula is C23H24N2O. The average molecular weight is 344 g/mol. The summed E-state index contributed by atoms with van der Waals surface area (Å²) < 4.78 is 6.54. The first-order valence-corrected chi connectivity index (χ1v) is 9.81. The second-order valence-corrected chi connectivity index (χ2v) is 8.11. The third-order valence-electron chi connectivity index (χ3n) is 6.46. The predicted octanol–water partition coefficient (Wildman–Crippen LogP) is 4.55. The van der Waals surface area contributed by atoms with Crippen molar-refractivity contribution in [1.82, 2.24) is 4.90 Å². The highest BCUT2D eigenvalue weighted by atomic mass is 16.5. The van der Waals surface area contributed by atoms with E-state index in [2.05, 4.69) is 29.2 Å². The smallest absolute Gasteiger partial charge is 0.123 e. The number of piperidine rings is 2. The number of hydrogen-bond acceptors (Lipinski definition) is 3. The first kappa shape index (κ1) is 15.9. The first-order chi connectivity index (χ1) is 12.7. The summed E-state index contributed by atoms with van der Waals surface area (Å²) in [7, 11) is 0. The molecule has 0 aromatic heterocycles. The van der Waals surface area contributed by atoms with Gasteiger partial charge in [-0.15, -0.1) is 0 Å². The molecule has 0 amide bonds. The van der Waals surface area contributed by atoms with E-state index in [-0.39, 0.29) is 5.60 Å². The Morgan fingerprint density at radius 3 is 2.73 bits per heavy atom. The van der Waals surface area contributed by atoms with E-state index in [1.807, 2.05) is 24.3 Å². The highest BCUT2D eigenvalue weighted by Crippen LogP contribution is 2.45. The largest absolute Gasteiger partial charge is 0.487 e. The Hall–Kier alpha value is -2.31. The minimum absolute atomic E-state index is 0.0180. The van der Waals surface area contributed by atoms with Crippen molar-refractivity contribution in [3.8, 4) is 22.9 Å². The van der Waals surface area contributed by atoms with Crippen LogP contribution >= 0.6 is 0 Å². The Kier molecular flexibility index (Phi) is 3.76. The van der Waals surface area contributed by atoms with Crippen LogP contribution in [-0.4, -0.2) is 29.6 Å². The molecule has 0 N–H and O–H groups in total. The molecule has 26 heavy (non-hydrogen) atoms. The van der Waals surface area contributed by atoms with Crippen molar-refractivity contribution >= 4 is 0 Å². The van der Waals surface area contributed by atoms with Crippen LogP contribution < -0.4 is 4.74 Å². The van der Waals surface area contributed by atoms with Crippen LogP contribution in [-0.2, 0) is 6.42 Å². The summed E-state index contributed by atoms with van der Waals surface area (Å²) in [6.45, 7) is 2.46. The molecule has 3 heteroatoms. The topological polar surface area (TPSA) is 36.3 Å². The Balaban J connectivity index is 1.39. The van der Waals surface area contributed by atoms with E-state index in [4.69, 9.17) is 10.00 Å². The van der Waals surface area contributed by atoms with Crippen LogP contribution in [0, 0.1) is 11.3 Å². The number of rotatable bonds is 1. The lowest BCUT2D eigenvalue weighted by molar-refractivity contribution is -0.0249. The van der Waals surface area contributed by atoms with Gasteiger partial charge in [0.1, 0.15) is 11.4 Å². The molecule has 2 fully saturated rings. The normalized spacial score (nSPS) is 27.4. The molecule has 0 saturated carbocycles. The van der Waals surface area contributed by atoms with Crippen LogP contribution in [0.25, 0.3) is 11.1 Å². The van der Waals surface area contributed by atoms with E-state index in [1.54, 1.807) is 0 Å². The van der Waals surface area contributed by atoms with Crippen LogP contribution in [0.2, 0.25) is 0 Å². The molecule has 3 aliphatic heterocycles. The predicted molar refractivity (Wildman–Crippen MR) is 102 cm³/mol. The van der Waals surface area contributed by atoms with Crippen LogP contribution in [0.4, 0.5) is 0 Å². The minimum atomic E-state index is 0.0180. The van der Waals surface area contributed by atoms with Crippen molar-refractivity contribution < 1.29 is 4.74 Å². The zero-order valence-corrected chi connectivity index (χ0v) is 15.1. The summed E-state index contributed by atoms with van der Waals surface area (Å²) in [6.07, 6.45) is 7.42. The second kappa shape index (κ2) is 6.14. The third-order valence-corrected chi connectivity index (χ3v) is 6.46. The number of nitriles is 1. The Morgan fingerprint density at radius 1 is 1.04 bits per heavy atom. The first-order valence-electron chi connectivity index (χ1n) is 9.81. The van der Waals surface area contributed by atoms with E-state index in [0.29, 0.717) is 11.6 Å². The zero-order chi connectivity index (χ0) is 17.6. The van der Waals surface area contributed by atoms with Crippen molar-refractivity contribution in [2.45, 2.75) is 50.2 Å². The fourth-order valence-corrected chi connectivity index (χ4v) is 5.07. The molecule has 1 spiro atoms. The minimum Gasteiger partial charge on any atom is -0.487 e. The quantitative estimate of drug-likeness (QED) is 0.761. The van der Waals surface area contributed by atoms with Gasteiger partial charge in [0.05, 0.1) is 11.6 Å². The van der Waals surface area contributed by atoms with E-state index < -0.39 is 0 Å². The fourth-order valence-electron chi connectivity index (χ4n) is 5.07. The van der Waals surface area contributed by atoms with Crippen LogP contribution in [0.1, 0.15) is 43.2 Å². The summed E-state index contributed by atoms with van der Waals surface area (Å²) in [6, 6.07) is 17.3. The van der Waals surface area contributed by atoms with Crippen LogP contribution in [0.5, 0.6) is 5.75 Å².